The molecular weight excluding hydrogens is 239 g/mol. The molecule has 2 atom stereocenters. The van der Waals surface area contributed by atoms with E-state index in [4.69, 9.17) is 5.73 Å². The quantitative estimate of drug-likeness (QED) is 0.907. The molecule has 1 fully saturated rings. The molecule has 1 aromatic carbocycles. The van der Waals surface area contributed by atoms with Crippen LogP contribution in [0.2, 0.25) is 0 Å². The molecule has 1 saturated heterocycles. The summed E-state index contributed by atoms with van der Waals surface area (Å²) in [5, 5.41) is 0. The molecule has 0 aromatic heterocycles. The van der Waals surface area contributed by atoms with Crippen molar-refractivity contribution in [3.05, 3.63) is 35.1 Å². The van der Waals surface area contributed by atoms with Crippen molar-refractivity contribution in [1.29, 1.82) is 0 Å². The summed E-state index contributed by atoms with van der Waals surface area (Å²) in [6.45, 7) is 3.08. The molecule has 3 heteroatoms. The van der Waals surface area contributed by atoms with Crippen LogP contribution in [0.1, 0.15) is 42.9 Å². The first-order valence-electron chi connectivity index (χ1n) is 7.51. The van der Waals surface area contributed by atoms with Crippen LogP contribution in [0.25, 0.3) is 0 Å². The largest absolute Gasteiger partial charge is 0.330 e. The van der Waals surface area contributed by atoms with Crippen LogP contribution in [0.15, 0.2) is 18.2 Å². The Hall–Kier alpha value is -0.930. The van der Waals surface area contributed by atoms with Gasteiger partial charge in [-0.1, -0.05) is 12.1 Å². The van der Waals surface area contributed by atoms with E-state index in [1.54, 1.807) is 6.07 Å². The zero-order valence-corrected chi connectivity index (χ0v) is 11.4. The molecule has 0 radical (unpaired) electrons. The standard InChI is InChI=1S/C16H23FN2/c17-15-5-1-4-14-13(15)6-7-16(14)19-10-2-3-12(11-19)8-9-18/h1,4-5,12,16H,2-3,6-11,18H2. The minimum Gasteiger partial charge on any atom is -0.330 e. The van der Waals surface area contributed by atoms with Crippen molar-refractivity contribution in [2.75, 3.05) is 19.6 Å². The minimum atomic E-state index is -0.0180. The number of hydrogen-bond donors (Lipinski definition) is 1. The Morgan fingerprint density at radius 2 is 2.21 bits per heavy atom. The fourth-order valence-corrected chi connectivity index (χ4v) is 3.82. The van der Waals surface area contributed by atoms with Gasteiger partial charge < -0.3 is 5.73 Å². The van der Waals surface area contributed by atoms with Crippen molar-refractivity contribution >= 4 is 0 Å². The van der Waals surface area contributed by atoms with E-state index in [2.05, 4.69) is 11.0 Å². The van der Waals surface area contributed by atoms with Crippen molar-refractivity contribution < 1.29 is 4.39 Å². The third kappa shape index (κ3) is 2.54. The molecule has 1 heterocycles. The van der Waals surface area contributed by atoms with Crippen molar-refractivity contribution in [2.45, 2.75) is 38.1 Å². The average molecular weight is 262 g/mol. The van der Waals surface area contributed by atoms with E-state index in [1.165, 1.54) is 18.4 Å². The molecule has 19 heavy (non-hydrogen) atoms. The summed E-state index contributed by atoms with van der Waals surface area (Å²) in [6.07, 6.45) is 5.65. The summed E-state index contributed by atoms with van der Waals surface area (Å²) in [7, 11) is 0. The van der Waals surface area contributed by atoms with Crippen molar-refractivity contribution in [2.24, 2.45) is 11.7 Å². The highest BCUT2D eigenvalue weighted by molar-refractivity contribution is 5.35. The van der Waals surface area contributed by atoms with E-state index < -0.39 is 0 Å². The van der Waals surface area contributed by atoms with Crippen molar-refractivity contribution in [3.8, 4) is 0 Å². The molecule has 2 nitrogen and oxygen atoms in total. The van der Waals surface area contributed by atoms with E-state index >= 15 is 0 Å². The molecule has 0 spiro atoms. The summed E-state index contributed by atoms with van der Waals surface area (Å²) in [4.78, 5) is 2.56. The van der Waals surface area contributed by atoms with Gasteiger partial charge in [-0.3, -0.25) is 4.90 Å². The van der Waals surface area contributed by atoms with Crippen LogP contribution in [-0.4, -0.2) is 24.5 Å². The average Bonchev–Trinajstić information content (AvgIpc) is 2.85. The highest BCUT2D eigenvalue weighted by atomic mass is 19.1. The Morgan fingerprint density at radius 3 is 3.05 bits per heavy atom. The predicted molar refractivity (Wildman–Crippen MR) is 75.4 cm³/mol. The number of benzene rings is 1. The molecule has 1 aliphatic carbocycles. The van der Waals surface area contributed by atoms with Crippen LogP contribution in [-0.2, 0) is 6.42 Å². The summed E-state index contributed by atoms with van der Waals surface area (Å²) >= 11 is 0. The van der Waals surface area contributed by atoms with Crippen LogP contribution in [0.3, 0.4) is 0 Å². The summed E-state index contributed by atoms with van der Waals surface area (Å²) in [6, 6.07) is 6.00. The van der Waals surface area contributed by atoms with E-state index in [0.717, 1.165) is 50.4 Å². The lowest BCUT2D eigenvalue weighted by Crippen LogP contribution is -2.38. The van der Waals surface area contributed by atoms with Crippen molar-refractivity contribution in [3.63, 3.8) is 0 Å². The lowest BCUT2D eigenvalue weighted by atomic mass is 9.93. The first-order valence-corrected chi connectivity index (χ1v) is 7.51. The zero-order valence-electron chi connectivity index (χ0n) is 11.4. The highest BCUT2D eigenvalue weighted by Gasteiger charge is 2.32. The van der Waals surface area contributed by atoms with Gasteiger partial charge in [0.1, 0.15) is 5.82 Å². The molecular formula is C16H23FN2. The fraction of sp³-hybridized carbons (Fsp3) is 0.625. The maximum atomic E-state index is 13.8. The molecule has 104 valence electrons. The molecule has 1 aliphatic heterocycles. The molecule has 2 unspecified atom stereocenters. The number of fused-ring (bicyclic) bond motifs is 1. The minimum absolute atomic E-state index is 0.0180. The van der Waals surface area contributed by atoms with Crippen LogP contribution in [0.4, 0.5) is 4.39 Å². The summed E-state index contributed by atoms with van der Waals surface area (Å²) in [5.74, 6) is 0.715. The first-order chi connectivity index (χ1) is 9.29. The molecule has 0 bridgehead atoms. The highest BCUT2D eigenvalue weighted by Crippen LogP contribution is 2.39. The number of likely N-dealkylation sites (tertiary alicyclic amines) is 1. The maximum absolute atomic E-state index is 13.8. The normalized spacial score (nSPS) is 27.5. The van der Waals surface area contributed by atoms with Crippen LogP contribution in [0, 0.1) is 11.7 Å². The van der Waals surface area contributed by atoms with Gasteiger partial charge in [0.2, 0.25) is 0 Å². The molecule has 2 N–H and O–H groups in total. The number of nitrogens with zero attached hydrogens (tertiary/aromatic N) is 1. The Kier molecular flexibility index (Phi) is 3.85. The lowest BCUT2D eigenvalue weighted by molar-refractivity contribution is 0.120. The van der Waals surface area contributed by atoms with Crippen LogP contribution in [0.5, 0.6) is 0 Å². The SMILES string of the molecule is NCCC1CCCN(C2CCc3c(F)cccc32)C1. The molecule has 2 aliphatic rings. The third-order valence-electron chi connectivity index (χ3n) is 4.75. The molecule has 0 saturated carbocycles. The van der Waals surface area contributed by atoms with Gasteiger partial charge in [0, 0.05) is 12.6 Å². The zero-order chi connectivity index (χ0) is 13.2. The Bertz CT molecular complexity index is 444. The third-order valence-corrected chi connectivity index (χ3v) is 4.75. The first kappa shape index (κ1) is 13.1. The number of hydrogen-bond acceptors (Lipinski definition) is 2. The Labute approximate surface area is 114 Å². The van der Waals surface area contributed by atoms with Crippen LogP contribution >= 0.6 is 0 Å². The van der Waals surface area contributed by atoms with Crippen LogP contribution < -0.4 is 5.73 Å². The van der Waals surface area contributed by atoms with E-state index in [-0.39, 0.29) is 5.82 Å². The maximum Gasteiger partial charge on any atom is 0.126 e. The predicted octanol–water partition coefficient (Wildman–Crippen LogP) is 2.87. The van der Waals surface area contributed by atoms with E-state index in [1.807, 2.05) is 6.07 Å². The van der Waals surface area contributed by atoms with E-state index in [0.29, 0.717) is 6.04 Å². The van der Waals surface area contributed by atoms with Gasteiger partial charge in [0.15, 0.2) is 0 Å². The second-order valence-corrected chi connectivity index (χ2v) is 5.94. The van der Waals surface area contributed by atoms with Crippen molar-refractivity contribution in [1.82, 2.24) is 4.90 Å². The van der Waals surface area contributed by atoms with Gasteiger partial charge in [0.25, 0.3) is 0 Å². The topological polar surface area (TPSA) is 29.3 Å². The summed E-state index contributed by atoms with van der Waals surface area (Å²) < 4.78 is 13.8. The summed E-state index contributed by atoms with van der Waals surface area (Å²) in [5.41, 5.74) is 7.87. The van der Waals surface area contributed by atoms with Gasteiger partial charge in [-0.15, -0.1) is 0 Å². The van der Waals surface area contributed by atoms with Gasteiger partial charge >= 0.3 is 0 Å². The second kappa shape index (κ2) is 5.59. The lowest BCUT2D eigenvalue weighted by Gasteiger charge is -2.37. The monoisotopic (exact) mass is 262 g/mol. The second-order valence-electron chi connectivity index (χ2n) is 5.94. The van der Waals surface area contributed by atoms with E-state index in [9.17, 15) is 4.39 Å². The van der Waals surface area contributed by atoms with Gasteiger partial charge in [0.05, 0.1) is 0 Å². The smallest absolute Gasteiger partial charge is 0.126 e. The van der Waals surface area contributed by atoms with Gasteiger partial charge in [-0.05, 0) is 68.3 Å². The molecule has 1 aromatic rings. The van der Waals surface area contributed by atoms with Gasteiger partial charge in [-0.25, -0.2) is 4.39 Å². The Balaban J connectivity index is 1.76. The number of rotatable bonds is 3. The number of nitrogens with two attached hydrogens (primary N) is 1. The number of piperidine rings is 1. The molecule has 0 amide bonds. The molecule has 3 rings (SSSR count). The van der Waals surface area contributed by atoms with Gasteiger partial charge in [-0.2, -0.15) is 0 Å². The number of halogens is 1. The Morgan fingerprint density at radius 1 is 1.32 bits per heavy atom. The fourth-order valence-electron chi connectivity index (χ4n) is 3.82.